The highest BCUT2D eigenvalue weighted by molar-refractivity contribution is 5.86. The zero-order chi connectivity index (χ0) is 15.7. The van der Waals surface area contributed by atoms with Gasteiger partial charge in [-0.2, -0.15) is 5.10 Å². The predicted octanol–water partition coefficient (Wildman–Crippen LogP) is 2.70. The van der Waals surface area contributed by atoms with Gasteiger partial charge in [-0.25, -0.2) is 9.78 Å². The van der Waals surface area contributed by atoms with E-state index in [0.717, 1.165) is 16.9 Å². The number of carbonyl (C=O) groups is 1. The van der Waals surface area contributed by atoms with Crippen LogP contribution in [0.4, 0.5) is 0 Å². The summed E-state index contributed by atoms with van der Waals surface area (Å²) in [6, 6.07) is 4.05. The molecule has 0 spiro atoms. The van der Waals surface area contributed by atoms with Crippen LogP contribution in [-0.4, -0.2) is 30.2 Å². The standard InChI is InChI=1S/C16H16N4O2/c1-11(2)5-12-3-4-19-9-14(18-15(19)6-12)10-20-8-13(7-17-20)16(21)22/h3-9H,10H2,1-2H3,(H,21,22). The zero-order valence-electron chi connectivity index (χ0n) is 12.4. The number of hydrogen-bond donors (Lipinski definition) is 1. The largest absolute Gasteiger partial charge is 0.478 e. The van der Waals surface area contributed by atoms with Crippen molar-refractivity contribution in [3.05, 3.63) is 59.3 Å². The molecule has 0 aliphatic heterocycles. The molecule has 0 aliphatic carbocycles. The summed E-state index contributed by atoms with van der Waals surface area (Å²) in [5.41, 5.74) is 4.20. The van der Waals surface area contributed by atoms with Gasteiger partial charge in [0, 0.05) is 18.6 Å². The third kappa shape index (κ3) is 2.90. The van der Waals surface area contributed by atoms with E-state index >= 15 is 0 Å². The molecule has 1 N–H and O–H groups in total. The maximum Gasteiger partial charge on any atom is 0.338 e. The Morgan fingerprint density at radius 1 is 1.36 bits per heavy atom. The van der Waals surface area contributed by atoms with Crippen LogP contribution < -0.4 is 0 Å². The fourth-order valence-electron chi connectivity index (χ4n) is 2.28. The molecule has 6 heteroatoms. The van der Waals surface area contributed by atoms with Gasteiger partial charge < -0.3 is 9.51 Å². The molecule has 0 atom stereocenters. The Balaban J connectivity index is 1.88. The van der Waals surface area contributed by atoms with Crippen molar-refractivity contribution in [3.8, 4) is 0 Å². The van der Waals surface area contributed by atoms with Crippen LogP contribution in [0.1, 0.15) is 35.5 Å². The topological polar surface area (TPSA) is 72.4 Å². The maximum absolute atomic E-state index is 10.9. The van der Waals surface area contributed by atoms with E-state index in [1.165, 1.54) is 18.0 Å². The minimum atomic E-state index is -0.979. The smallest absolute Gasteiger partial charge is 0.338 e. The molecule has 0 saturated carbocycles. The quantitative estimate of drug-likeness (QED) is 0.803. The summed E-state index contributed by atoms with van der Waals surface area (Å²) in [5, 5.41) is 12.9. The maximum atomic E-state index is 10.9. The second kappa shape index (κ2) is 5.48. The first kappa shape index (κ1) is 14.1. The summed E-state index contributed by atoms with van der Waals surface area (Å²) in [6.07, 6.45) is 8.82. The first-order chi connectivity index (χ1) is 10.5. The molecule has 6 nitrogen and oxygen atoms in total. The Morgan fingerprint density at radius 3 is 2.86 bits per heavy atom. The van der Waals surface area contributed by atoms with E-state index in [-0.39, 0.29) is 5.56 Å². The van der Waals surface area contributed by atoms with Crippen LogP contribution in [0.3, 0.4) is 0 Å². The van der Waals surface area contributed by atoms with Crippen molar-refractivity contribution in [3.63, 3.8) is 0 Å². The minimum absolute atomic E-state index is 0.176. The Bertz CT molecular complexity index is 869. The van der Waals surface area contributed by atoms with Gasteiger partial charge in [0.25, 0.3) is 0 Å². The van der Waals surface area contributed by atoms with Gasteiger partial charge in [-0.05, 0) is 31.5 Å². The molecular formula is C16H16N4O2. The third-order valence-corrected chi connectivity index (χ3v) is 3.19. The number of rotatable bonds is 4. The first-order valence-electron chi connectivity index (χ1n) is 6.89. The monoisotopic (exact) mass is 296 g/mol. The molecule has 112 valence electrons. The molecule has 0 saturated heterocycles. The number of carboxylic acid groups (broad SMARTS) is 1. The second-order valence-electron chi connectivity index (χ2n) is 5.41. The van der Waals surface area contributed by atoms with Gasteiger partial charge in [0.05, 0.1) is 24.0 Å². The molecule has 3 heterocycles. The summed E-state index contributed by atoms with van der Waals surface area (Å²) in [7, 11) is 0. The predicted molar refractivity (Wildman–Crippen MR) is 82.8 cm³/mol. The van der Waals surface area contributed by atoms with Crippen LogP contribution in [0.2, 0.25) is 0 Å². The van der Waals surface area contributed by atoms with Crippen LogP contribution >= 0.6 is 0 Å². The van der Waals surface area contributed by atoms with Crippen molar-refractivity contribution < 1.29 is 9.90 Å². The van der Waals surface area contributed by atoms with E-state index in [1.807, 2.05) is 28.9 Å². The molecule has 0 aromatic carbocycles. The van der Waals surface area contributed by atoms with E-state index in [2.05, 4.69) is 30.0 Å². The lowest BCUT2D eigenvalue weighted by Gasteiger charge is -1.96. The molecule has 0 radical (unpaired) electrons. The van der Waals surface area contributed by atoms with Crippen LogP contribution in [0.5, 0.6) is 0 Å². The van der Waals surface area contributed by atoms with Crippen LogP contribution in [-0.2, 0) is 6.54 Å². The lowest BCUT2D eigenvalue weighted by Crippen LogP contribution is -2.00. The molecule has 0 unspecified atom stereocenters. The summed E-state index contributed by atoms with van der Waals surface area (Å²) in [6.45, 7) is 4.55. The number of aromatic nitrogens is 4. The number of fused-ring (bicyclic) bond motifs is 1. The summed E-state index contributed by atoms with van der Waals surface area (Å²) in [5.74, 6) is -0.979. The third-order valence-electron chi connectivity index (χ3n) is 3.19. The van der Waals surface area contributed by atoms with E-state index in [4.69, 9.17) is 5.11 Å². The SMILES string of the molecule is CC(C)=Cc1ccn2cc(Cn3cc(C(=O)O)cn3)nc2c1. The van der Waals surface area contributed by atoms with E-state index < -0.39 is 5.97 Å². The van der Waals surface area contributed by atoms with Crippen molar-refractivity contribution in [2.75, 3.05) is 0 Å². The molecule has 3 rings (SSSR count). The fraction of sp³-hybridized carbons (Fsp3) is 0.188. The number of allylic oxidation sites excluding steroid dienone is 1. The van der Waals surface area contributed by atoms with Gasteiger partial charge in [0.15, 0.2) is 0 Å². The summed E-state index contributed by atoms with van der Waals surface area (Å²) < 4.78 is 3.52. The highest BCUT2D eigenvalue weighted by atomic mass is 16.4. The number of nitrogens with zero attached hydrogens (tertiary/aromatic N) is 4. The number of imidazole rings is 1. The van der Waals surface area contributed by atoms with Gasteiger partial charge in [-0.15, -0.1) is 0 Å². The Kier molecular flexibility index (Phi) is 3.50. The molecular weight excluding hydrogens is 280 g/mol. The lowest BCUT2D eigenvalue weighted by atomic mass is 10.2. The molecule has 3 aromatic heterocycles. The molecule has 3 aromatic rings. The van der Waals surface area contributed by atoms with Crippen LogP contribution in [0.25, 0.3) is 11.7 Å². The Hall–Kier alpha value is -2.89. The van der Waals surface area contributed by atoms with Gasteiger partial charge in [0.1, 0.15) is 5.65 Å². The van der Waals surface area contributed by atoms with E-state index in [0.29, 0.717) is 6.54 Å². The Labute approximate surface area is 127 Å². The number of carboxylic acids is 1. The summed E-state index contributed by atoms with van der Waals surface area (Å²) in [4.78, 5) is 15.4. The second-order valence-corrected chi connectivity index (χ2v) is 5.41. The van der Waals surface area contributed by atoms with Crippen molar-refractivity contribution in [2.24, 2.45) is 0 Å². The molecule has 0 fully saturated rings. The molecule has 0 amide bonds. The van der Waals surface area contributed by atoms with Crippen molar-refractivity contribution in [2.45, 2.75) is 20.4 Å². The lowest BCUT2D eigenvalue weighted by molar-refractivity contribution is 0.0697. The van der Waals surface area contributed by atoms with Crippen LogP contribution in [0, 0.1) is 0 Å². The van der Waals surface area contributed by atoms with Gasteiger partial charge in [0.2, 0.25) is 0 Å². The average molecular weight is 296 g/mol. The van der Waals surface area contributed by atoms with E-state index in [1.54, 1.807) is 4.68 Å². The molecule has 0 bridgehead atoms. The van der Waals surface area contributed by atoms with Crippen LogP contribution in [0.15, 0.2) is 42.5 Å². The zero-order valence-corrected chi connectivity index (χ0v) is 12.4. The highest BCUT2D eigenvalue weighted by Crippen LogP contribution is 2.12. The van der Waals surface area contributed by atoms with Gasteiger partial charge >= 0.3 is 5.97 Å². The van der Waals surface area contributed by atoms with Gasteiger partial charge in [-0.3, -0.25) is 4.68 Å². The normalized spacial score (nSPS) is 10.8. The van der Waals surface area contributed by atoms with Gasteiger partial charge in [-0.1, -0.05) is 11.6 Å². The van der Waals surface area contributed by atoms with Crippen molar-refractivity contribution >= 4 is 17.7 Å². The number of aromatic carboxylic acids is 1. The number of hydrogen-bond acceptors (Lipinski definition) is 3. The highest BCUT2D eigenvalue weighted by Gasteiger charge is 2.08. The number of pyridine rings is 1. The average Bonchev–Trinajstić information content (AvgIpc) is 3.04. The summed E-state index contributed by atoms with van der Waals surface area (Å²) >= 11 is 0. The molecule has 0 aliphatic rings. The van der Waals surface area contributed by atoms with Crippen molar-refractivity contribution in [1.82, 2.24) is 19.2 Å². The molecule has 22 heavy (non-hydrogen) atoms. The first-order valence-corrected chi connectivity index (χ1v) is 6.89. The minimum Gasteiger partial charge on any atom is -0.478 e. The fourth-order valence-corrected chi connectivity index (χ4v) is 2.28. The van der Waals surface area contributed by atoms with Crippen molar-refractivity contribution in [1.29, 1.82) is 0 Å². The Morgan fingerprint density at radius 2 is 2.18 bits per heavy atom. The van der Waals surface area contributed by atoms with E-state index in [9.17, 15) is 4.79 Å².